The summed E-state index contributed by atoms with van der Waals surface area (Å²) < 4.78 is 5.00. The van der Waals surface area contributed by atoms with Crippen LogP contribution >= 0.6 is 0 Å². The molecule has 130 valence electrons. The van der Waals surface area contributed by atoms with Crippen LogP contribution in [0.25, 0.3) is 0 Å². The molecule has 0 spiro atoms. The van der Waals surface area contributed by atoms with Crippen LogP contribution in [0.2, 0.25) is 0 Å². The fraction of sp³-hybridized carbons (Fsp3) is 0.300. The Labute approximate surface area is 147 Å². The highest BCUT2D eigenvalue weighted by Crippen LogP contribution is 2.25. The summed E-state index contributed by atoms with van der Waals surface area (Å²) in [7, 11) is 3.04. The molecule has 0 radical (unpaired) electrons. The van der Waals surface area contributed by atoms with Gasteiger partial charge in [-0.1, -0.05) is 36.4 Å². The minimum atomic E-state index is -0.293. The summed E-state index contributed by atoms with van der Waals surface area (Å²) in [5, 5.41) is 2.61. The van der Waals surface area contributed by atoms with E-state index in [-0.39, 0.29) is 17.9 Å². The Hall–Kier alpha value is -2.66. The van der Waals surface area contributed by atoms with Crippen LogP contribution in [0.3, 0.4) is 0 Å². The topological polar surface area (TPSA) is 58.6 Å². The molecule has 1 amide bonds. The molecule has 5 heteroatoms. The lowest BCUT2D eigenvalue weighted by molar-refractivity contribution is -0.148. The standard InChI is InChI=1S/C20H22N2O3/c1-21-19(23)15-9-7-14(8-10-15)12-22-13-17-6-4-3-5-16(17)11-18(22)20(24)25-2/h3-10,18H,11-13H2,1-2H3,(H,21,23). The number of nitrogens with one attached hydrogen (secondary N) is 1. The Balaban J connectivity index is 1.81. The van der Waals surface area contributed by atoms with Crippen LogP contribution in [0.1, 0.15) is 27.0 Å². The predicted octanol–water partition coefficient (Wildman–Crippen LogP) is 2.15. The first-order valence-corrected chi connectivity index (χ1v) is 8.32. The fourth-order valence-electron chi connectivity index (χ4n) is 3.25. The molecule has 1 aliphatic rings. The summed E-state index contributed by atoms with van der Waals surface area (Å²) >= 11 is 0. The van der Waals surface area contributed by atoms with E-state index < -0.39 is 0 Å². The molecule has 0 aromatic heterocycles. The van der Waals surface area contributed by atoms with E-state index in [9.17, 15) is 9.59 Å². The Morgan fingerprint density at radius 2 is 1.80 bits per heavy atom. The van der Waals surface area contributed by atoms with Crippen LogP contribution in [0.5, 0.6) is 0 Å². The molecule has 2 aromatic rings. The van der Waals surface area contributed by atoms with Crippen LogP contribution in [-0.2, 0) is 29.0 Å². The molecule has 1 unspecified atom stereocenters. The number of carbonyl (C=O) groups excluding carboxylic acids is 2. The van der Waals surface area contributed by atoms with Crippen molar-refractivity contribution in [3.63, 3.8) is 0 Å². The van der Waals surface area contributed by atoms with E-state index in [4.69, 9.17) is 4.74 Å². The predicted molar refractivity (Wildman–Crippen MR) is 95.0 cm³/mol. The van der Waals surface area contributed by atoms with E-state index in [1.54, 1.807) is 19.2 Å². The van der Waals surface area contributed by atoms with Gasteiger partial charge in [0, 0.05) is 25.7 Å². The van der Waals surface area contributed by atoms with Crippen molar-refractivity contribution in [3.8, 4) is 0 Å². The summed E-state index contributed by atoms with van der Waals surface area (Å²) in [4.78, 5) is 26.0. The number of esters is 1. The van der Waals surface area contributed by atoms with E-state index in [0.29, 0.717) is 25.1 Å². The second kappa shape index (κ2) is 7.49. The molecule has 0 aliphatic carbocycles. The van der Waals surface area contributed by atoms with Gasteiger partial charge in [-0.25, -0.2) is 0 Å². The first-order chi connectivity index (χ1) is 12.1. The zero-order chi connectivity index (χ0) is 17.8. The van der Waals surface area contributed by atoms with Crippen molar-refractivity contribution in [3.05, 3.63) is 70.8 Å². The van der Waals surface area contributed by atoms with E-state index >= 15 is 0 Å². The second-order valence-corrected chi connectivity index (χ2v) is 6.19. The number of hydrogen-bond donors (Lipinski definition) is 1. The molecule has 0 fully saturated rings. The van der Waals surface area contributed by atoms with E-state index in [2.05, 4.69) is 22.3 Å². The van der Waals surface area contributed by atoms with E-state index in [0.717, 1.165) is 5.56 Å². The van der Waals surface area contributed by atoms with Gasteiger partial charge in [0.15, 0.2) is 0 Å². The summed E-state index contributed by atoms with van der Waals surface area (Å²) in [6.45, 7) is 1.33. The van der Waals surface area contributed by atoms with E-state index in [1.165, 1.54) is 18.2 Å². The lowest BCUT2D eigenvalue weighted by atomic mass is 9.93. The maximum atomic E-state index is 12.2. The molecule has 1 heterocycles. The molecule has 1 atom stereocenters. The average molecular weight is 338 g/mol. The van der Waals surface area contributed by atoms with Crippen LogP contribution in [0, 0.1) is 0 Å². The number of hydrogen-bond acceptors (Lipinski definition) is 4. The van der Waals surface area contributed by atoms with Gasteiger partial charge in [-0.3, -0.25) is 14.5 Å². The van der Waals surface area contributed by atoms with Crippen molar-refractivity contribution in [2.75, 3.05) is 14.2 Å². The molecule has 1 N–H and O–H groups in total. The van der Waals surface area contributed by atoms with Gasteiger partial charge in [0.1, 0.15) is 6.04 Å². The maximum absolute atomic E-state index is 12.2. The number of amides is 1. The third-order valence-electron chi connectivity index (χ3n) is 4.65. The molecule has 5 nitrogen and oxygen atoms in total. The summed E-state index contributed by atoms with van der Waals surface area (Å²) in [6, 6.07) is 15.4. The lowest BCUT2D eigenvalue weighted by Crippen LogP contribution is -2.45. The SMILES string of the molecule is CNC(=O)c1ccc(CN2Cc3ccccc3CC2C(=O)OC)cc1. The molecular formula is C20H22N2O3. The second-order valence-electron chi connectivity index (χ2n) is 6.19. The first kappa shape index (κ1) is 17.2. The maximum Gasteiger partial charge on any atom is 0.323 e. The molecule has 0 saturated carbocycles. The van der Waals surface area contributed by atoms with Crippen LogP contribution in [-0.4, -0.2) is 37.0 Å². The van der Waals surface area contributed by atoms with Crippen LogP contribution in [0.4, 0.5) is 0 Å². The molecule has 0 bridgehead atoms. The third-order valence-corrected chi connectivity index (χ3v) is 4.65. The zero-order valence-corrected chi connectivity index (χ0v) is 14.5. The van der Waals surface area contributed by atoms with Gasteiger partial charge in [-0.2, -0.15) is 0 Å². The van der Waals surface area contributed by atoms with Gasteiger partial charge in [0.2, 0.25) is 0 Å². The molecule has 2 aromatic carbocycles. The number of carbonyl (C=O) groups is 2. The number of rotatable bonds is 4. The number of fused-ring (bicyclic) bond motifs is 1. The van der Waals surface area contributed by atoms with Gasteiger partial charge >= 0.3 is 5.97 Å². The number of nitrogens with zero attached hydrogens (tertiary/aromatic N) is 1. The molecule has 0 saturated heterocycles. The van der Waals surface area contributed by atoms with Gasteiger partial charge in [0.05, 0.1) is 7.11 Å². The highest BCUT2D eigenvalue weighted by Gasteiger charge is 2.32. The van der Waals surface area contributed by atoms with E-state index in [1.807, 2.05) is 24.3 Å². The third kappa shape index (κ3) is 3.72. The number of benzene rings is 2. The molecule has 3 rings (SSSR count). The largest absolute Gasteiger partial charge is 0.468 e. The van der Waals surface area contributed by atoms with Crippen molar-refractivity contribution in [1.82, 2.24) is 10.2 Å². The minimum Gasteiger partial charge on any atom is -0.468 e. The molecule has 25 heavy (non-hydrogen) atoms. The Morgan fingerprint density at radius 3 is 2.44 bits per heavy atom. The summed E-state index contributed by atoms with van der Waals surface area (Å²) in [6.07, 6.45) is 0.652. The minimum absolute atomic E-state index is 0.106. The Morgan fingerprint density at radius 1 is 1.12 bits per heavy atom. The Bertz CT molecular complexity index is 771. The fourth-order valence-corrected chi connectivity index (χ4v) is 3.25. The van der Waals surface area contributed by atoms with Crippen LogP contribution < -0.4 is 5.32 Å². The van der Waals surface area contributed by atoms with Gasteiger partial charge in [-0.05, 0) is 35.2 Å². The first-order valence-electron chi connectivity index (χ1n) is 8.32. The Kier molecular flexibility index (Phi) is 5.14. The quantitative estimate of drug-likeness (QED) is 0.868. The lowest BCUT2D eigenvalue weighted by Gasteiger charge is -2.35. The smallest absolute Gasteiger partial charge is 0.323 e. The van der Waals surface area contributed by atoms with Gasteiger partial charge in [-0.15, -0.1) is 0 Å². The normalized spacial score (nSPS) is 16.8. The average Bonchev–Trinajstić information content (AvgIpc) is 2.66. The summed E-state index contributed by atoms with van der Waals surface area (Å²) in [5.74, 6) is -0.317. The molecular weight excluding hydrogens is 316 g/mol. The van der Waals surface area contributed by atoms with Crippen molar-refractivity contribution in [1.29, 1.82) is 0 Å². The van der Waals surface area contributed by atoms with Crippen molar-refractivity contribution < 1.29 is 14.3 Å². The number of ether oxygens (including phenoxy) is 1. The van der Waals surface area contributed by atoms with Gasteiger partial charge < -0.3 is 10.1 Å². The zero-order valence-electron chi connectivity index (χ0n) is 14.5. The van der Waals surface area contributed by atoms with Crippen LogP contribution in [0.15, 0.2) is 48.5 Å². The van der Waals surface area contributed by atoms with Gasteiger partial charge in [0.25, 0.3) is 5.91 Å². The van der Waals surface area contributed by atoms with Crippen molar-refractivity contribution in [2.24, 2.45) is 0 Å². The van der Waals surface area contributed by atoms with Crippen molar-refractivity contribution >= 4 is 11.9 Å². The monoisotopic (exact) mass is 338 g/mol. The molecule has 1 aliphatic heterocycles. The van der Waals surface area contributed by atoms with Crippen molar-refractivity contribution in [2.45, 2.75) is 25.6 Å². The number of methoxy groups -OCH3 is 1. The highest BCUT2D eigenvalue weighted by atomic mass is 16.5. The highest BCUT2D eigenvalue weighted by molar-refractivity contribution is 5.93. The summed E-state index contributed by atoms with van der Waals surface area (Å²) in [5.41, 5.74) is 4.12.